The van der Waals surface area contributed by atoms with Gasteiger partial charge in [-0.3, -0.25) is 4.79 Å². The lowest BCUT2D eigenvalue weighted by Gasteiger charge is -2.31. The van der Waals surface area contributed by atoms with Crippen molar-refractivity contribution < 1.29 is 14.3 Å². The molecule has 2 N–H and O–H groups in total. The van der Waals surface area contributed by atoms with Gasteiger partial charge in [-0.1, -0.05) is 0 Å². The summed E-state index contributed by atoms with van der Waals surface area (Å²) in [6.45, 7) is 6.91. The number of carbonyl (C=O) groups is 1. The third-order valence-corrected chi connectivity index (χ3v) is 3.40. The van der Waals surface area contributed by atoms with Crippen molar-refractivity contribution in [3.63, 3.8) is 0 Å². The number of methoxy groups -OCH3 is 1. The molecular weight excluding hydrogens is 218 g/mol. The van der Waals surface area contributed by atoms with Gasteiger partial charge in [0.2, 0.25) is 0 Å². The summed E-state index contributed by atoms with van der Waals surface area (Å²) in [7, 11) is 1.43. The third-order valence-electron chi connectivity index (χ3n) is 3.40. The van der Waals surface area contributed by atoms with Crippen LogP contribution in [-0.4, -0.2) is 31.8 Å². The SMILES string of the molecule is COC(=O)C(CN)(CCOC(C)(C)C)C1CC1. The number of esters is 1. The Morgan fingerprint density at radius 1 is 1.35 bits per heavy atom. The van der Waals surface area contributed by atoms with Crippen LogP contribution in [-0.2, 0) is 14.3 Å². The van der Waals surface area contributed by atoms with Gasteiger partial charge >= 0.3 is 5.97 Å². The van der Waals surface area contributed by atoms with Gasteiger partial charge in [0.1, 0.15) is 0 Å². The molecule has 1 atom stereocenters. The summed E-state index contributed by atoms with van der Waals surface area (Å²) >= 11 is 0. The second kappa shape index (κ2) is 5.36. The fourth-order valence-corrected chi connectivity index (χ4v) is 2.20. The lowest BCUT2D eigenvalue weighted by Crippen LogP contribution is -2.43. The Morgan fingerprint density at radius 2 is 1.94 bits per heavy atom. The number of hydrogen-bond donors (Lipinski definition) is 1. The molecule has 1 rings (SSSR count). The maximum Gasteiger partial charge on any atom is 0.313 e. The summed E-state index contributed by atoms with van der Waals surface area (Å²) in [6.07, 6.45) is 2.79. The van der Waals surface area contributed by atoms with Crippen LogP contribution >= 0.6 is 0 Å². The monoisotopic (exact) mass is 243 g/mol. The predicted octanol–water partition coefficient (Wildman–Crippen LogP) is 1.72. The van der Waals surface area contributed by atoms with Crippen molar-refractivity contribution in [2.45, 2.75) is 45.6 Å². The Bertz CT molecular complexity index is 268. The predicted molar refractivity (Wildman–Crippen MR) is 66.5 cm³/mol. The molecule has 1 unspecified atom stereocenters. The molecule has 0 heterocycles. The van der Waals surface area contributed by atoms with Gasteiger partial charge in [-0.05, 0) is 46.0 Å². The van der Waals surface area contributed by atoms with Crippen LogP contribution in [0.1, 0.15) is 40.0 Å². The average Bonchev–Trinajstić information content (AvgIpc) is 3.06. The third kappa shape index (κ3) is 3.68. The minimum atomic E-state index is -0.528. The van der Waals surface area contributed by atoms with E-state index in [1.165, 1.54) is 7.11 Å². The largest absolute Gasteiger partial charge is 0.469 e. The maximum absolute atomic E-state index is 11.9. The van der Waals surface area contributed by atoms with E-state index in [2.05, 4.69) is 0 Å². The van der Waals surface area contributed by atoms with Crippen LogP contribution in [0.25, 0.3) is 0 Å². The van der Waals surface area contributed by atoms with Crippen molar-refractivity contribution in [2.75, 3.05) is 20.3 Å². The number of rotatable bonds is 6. The number of ether oxygens (including phenoxy) is 2. The standard InChI is InChI=1S/C13H25NO3/c1-12(2,3)17-8-7-13(9-14,10-5-6-10)11(15)16-4/h10H,5-9,14H2,1-4H3. The molecule has 0 saturated heterocycles. The quantitative estimate of drug-likeness (QED) is 0.722. The summed E-state index contributed by atoms with van der Waals surface area (Å²) in [5.41, 5.74) is 5.11. The highest BCUT2D eigenvalue weighted by Gasteiger charge is 2.50. The van der Waals surface area contributed by atoms with E-state index >= 15 is 0 Å². The number of nitrogens with two attached hydrogens (primary N) is 1. The summed E-state index contributed by atoms with van der Waals surface area (Å²) in [5, 5.41) is 0. The highest BCUT2D eigenvalue weighted by Crippen LogP contribution is 2.48. The summed E-state index contributed by atoms with van der Waals surface area (Å²) < 4.78 is 10.6. The van der Waals surface area contributed by atoms with Gasteiger partial charge in [0, 0.05) is 13.2 Å². The highest BCUT2D eigenvalue weighted by molar-refractivity contribution is 5.78. The van der Waals surface area contributed by atoms with Crippen LogP contribution in [0, 0.1) is 11.3 Å². The van der Waals surface area contributed by atoms with Gasteiger partial charge in [0.15, 0.2) is 0 Å². The molecule has 0 aliphatic heterocycles. The van der Waals surface area contributed by atoms with E-state index < -0.39 is 5.41 Å². The van der Waals surface area contributed by atoms with Gasteiger partial charge < -0.3 is 15.2 Å². The summed E-state index contributed by atoms with van der Waals surface area (Å²) in [4.78, 5) is 11.9. The Labute approximate surface area is 104 Å². The molecule has 1 aliphatic rings. The van der Waals surface area contributed by atoms with E-state index in [0.717, 1.165) is 12.8 Å². The zero-order valence-corrected chi connectivity index (χ0v) is 11.4. The molecule has 0 radical (unpaired) electrons. The number of carbonyl (C=O) groups excluding carboxylic acids is 1. The molecule has 0 amide bonds. The lowest BCUT2D eigenvalue weighted by molar-refractivity contribution is -0.156. The Kier molecular flexibility index (Phi) is 4.55. The second-order valence-corrected chi connectivity index (χ2v) is 5.84. The Morgan fingerprint density at radius 3 is 2.29 bits per heavy atom. The van der Waals surface area contributed by atoms with E-state index in [0.29, 0.717) is 25.5 Å². The first-order valence-corrected chi connectivity index (χ1v) is 6.28. The molecular formula is C13H25NO3. The van der Waals surface area contributed by atoms with E-state index in [4.69, 9.17) is 15.2 Å². The van der Waals surface area contributed by atoms with Gasteiger partial charge in [-0.2, -0.15) is 0 Å². The fraction of sp³-hybridized carbons (Fsp3) is 0.923. The molecule has 0 aromatic rings. The minimum Gasteiger partial charge on any atom is -0.469 e. The Hall–Kier alpha value is -0.610. The van der Waals surface area contributed by atoms with Crippen LogP contribution in [0.5, 0.6) is 0 Å². The molecule has 1 aliphatic carbocycles. The molecule has 17 heavy (non-hydrogen) atoms. The first-order valence-electron chi connectivity index (χ1n) is 6.28. The van der Waals surface area contributed by atoms with Crippen LogP contribution in [0.15, 0.2) is 0 Å². The molecule has 4 heteroatoms. The summed E-state index contributed by atoms with van der Waals surface area (Å²) in [6, 6.07) is 0. The van der Waals surface area contributed by atoms with Crippen LogP contribution < -0.4 is 5.73 Å². The molecule has 1 fully saturated rings. The zero-order valence-electron chi connectivity index (χ0n) is 11.4. The second-order valence-electron chi connectivity index (χ2n) is 5.84. The molecule has 1 saturated carbocycles. The van der Waals surface area contributed by atoms with Crippen molar-refractivity contribution in [2.24, 2.45) is 17.1 Å². The molecule has 0 aromatic carbocycles. The highest BCUT2D eigenvalue weighted by atomic mass is 16.5. The number of hydrogen-bond acceptors (Lipinski definition) is 4. The van der Waals surface area contributed by atoms with Crippen molar-refractivity contribution in [3.8, 4) is 0 Å². The van der Waals surface area contributed by atoms with Gasteiger partial charge in [-0.15, -0.1) is 0 Å². The van der Waals surface area contributed by atoms with Gasteiger partial charge in [0.05, 0.1) is 18.1 Å². The summed E-state index contributed by atoms with van der Waals surface area (Å²) in [5.74, 6) is 0.198. The first kappa shape index (κ1) is 14.5. The van der Waals surface area contributed by atoms with Crippen molar-refractivity contribution >= 4 is 5.97 Å². The first-order chi connectivity index (χ1) is 7.85. The van der Waals surface area contributed by atoms with Gasteiger partial charge in [0.25, 0.3) is 0 Å². The smallest absolute Gasteiger partial charge is 0.313 e. The van der Waals surface area contributed by atoms with Crippen molar-refractivity contribution in [1.29, 1.82) is 0 Å². The minimum absolute atomic E-state index is 0.181. The fourth-order valence-electron chi connectivity index (χ4n) is 2.20. The molecule has 4 nitrogen and oxygen atoms in total. The maximum atomic E-state index is 11.9. The lowest BCUT2D eigenvalue weighted by atomic mass is 9.79. The Balaban J connectivity index is 2.61. The van der Waals surface area contributed by atoms with Crippen LogP contribution in [0.2, 0.25) is 0 Å². The van der Waals surface area contributed by atoms with E-state index in [1.807, 2.05) is 20.8 Å². The topological polar surface area (TPSA) is 61.5 Å². The average molecular weight is 243 g/mol. The van der Waals surface area contributed by atoms with E-state index in [9.17, 15) is 4.79 Å². The van der Waals surface area contributed by atoms with E-state index in [1.54, 1.807) is 0 Å². The zero-order chi connectivity index (χ0) is 13.1. The van der Waals surface area contributed by atoms with Crippen molar-refractivity contribution in [3.05, 3.63) is 0 Å². The van der Waals surface area contributed by atoms with E-state index in [-0.39, 0.29) is 11.6 Å². The molecule has 0 spiro atoms. The van der Waals surface area contributed by atoms with Crippen LogP contribution in [0.3, 0.4) is 0 Å². The van der Waals surface area contributed by atoms with Gasteiger partial charge in [-0.25, -0.2) is 0 Å². The molecule has 0 aromatic heterocycles. The molecule has 0 bridgehead atoms. The molecule has 100 valence electrons. The van der Waals surface area contributed by atoms with Crippen LogP contribution in [0.4, 0.5) is 0 Å². The normalized spacial score (nSPS) is 19.8. The van der Waals surface area contributed by atoms with Crippen molar-refractivity contribution in [1.82, 2.24) is 0 Å².